The van der Waals surface area contributed by atoms with Gasteiger partial charge < -0.3 is 15.4 Å². The minimum Gasteiger partial charge on any atom is -0.496 e. The van der Waals surface area contributed by atoms with Crippen molar-refractivity contribution in [3.63, 3.8) is 0 Å². The van der Waals surface area contributed by atoms with Crippen molar-refractivity contribution in [2.45, 2.75) is 26.8 Å². The molecule has 0 saturated carbocycles. The summed E-state index contributed by atoms with van der Waals surface area (Å²) in [5.41, 5.74) is 8.27. The number of fused-ring (bicyclic) bond motifs is 1. The van der Waals surface area contributed by atoms with Crippen molar-refractivity contribution < 1.29 is 9.53 Å². The number of methoxy groups -OCH3 is 1. The highest BCUT2D eigenvalue weighted by Gasteiger charge is 2.43. The summed E-state index contributed by atoms with van der Waals surface area (Å²) < 4.78 is 5.57. The maximum absolute atomic E-state index is 13.4. The molecular weight excluding hydrogens is 374 g/mol. The molecule has 1 aromatic rings. The van der Waals surface area contributed by atoms with E-state index in [9.17, 15) is 10.1 Å². The van der Waals surface area contributed by atoms with Gasteiger partial charge in [-0.25, -0.2) is 4.99 Å². The Labute approximate surface area is 169 Å². The quantitative estimate of drug-likeness (QED) is 0.821. The molecule has 0 unspecified atom stereocenters. The Morgan fingerprint density at radius 2 is 2.07 bits per heavy atom. The Morgan fingerprint density at radius 1 is 1.39 bits per heavy atom. The number of likely N-dealkylation sites (N-methyl/N-ethyl adjacent to an activating group) is 1. The van der Waals surface area contributed by atoms with Gasteiger partial charge in [-0.2, -0.15) is 5.26 Å². The molecule has 0 radical (unpaired) electrons. The van der Waals surface area contributed by atoms with E-state index in [0.29, 0.717) is 46.0 Å². The molecular formula is C20H23N5O2S. The number of rotatable bonds is 5. The molecule has 1 aromatic carbocycles. The molecule has 7 nitrogen and oxygen atoms in total. The van der Waals surface area contributed by atoms with Crippen molar-refractivity contribution in [3.05, 3.63) is 51.8 Å². The van der Waals surface area contributed by atoms with E-state index >= 15 is 0 Å². The number of benzene rings is 1. The number of amidine groups is 1. The zero-order valence-electron chi connectivity index (χ0n) is 16.4. The highest BCUT2D eigenvalue weighted by molar-refractivity contribution is 8.17. The number of para-hydroxylation sites is 1. The number of carbonyl (C=O) groups excluding carboxylic acids is 1. The summed E-state index contributed by atoms with van der Waals surface area (Å²) in [5, 5.41) is 10.0. The van der Waals surface area contributed by atoms with Gasteiger partial charge in [0.15, 0.2) is 5.17 Å². The highest BCUT2D eigenvalue weighted by Crippen LogP contribution is 2.47. The summed E-state index contributed by atoms with van der Waals surface area (Å²) in [6.45, 7) is 6.89. The average Bonchev–Trinajstić information content (AvgIpc) is 3.02. The number of amides is 1. The second-order valence-corrected chi connectivity index (χ2v) is 7.29. The van der Waals surface area contributed by atoms with E-state index in [2.05, 4.69) is 11.1 Å². The second kappa shape index (κ2) is 7.98. The lowest BCUT2D eigenvalue weighted by Crippen LogP contribution is -2.42. The molecule has 0 aliphatic carbocycles. The third-order valence-corrected chi connectivity index (χ3v) is 5.87. The standard InChI is InChI=1S/C20H23N5O2S/c1-5-24(6-2)19(26)16-12(3)23-20-25(18(22)15(11-21)28-20)17(16)13-9-7-8-10-14(13)27-4/h7-10,17H,5-6,22H2,1-4H3/t17-/m0/s1. The van der Waals surface area contributed by atoms with E-state index in [0.717, 1.165) is 5.56 Å². The molecule has 2 heterocycles. The summed E-state index contributed by atoms with van der Waals surface area (Å²) in [6, 6.07) is 9.14. The Balaban J connectivity index is 2.24. The lowest BCUT2D eigenvalue weighted by Gasteiger charge is -2.37. The molecule has 0 bridgehead atoms. The van der Waals surface area contributed by atoms with Crippen LogP contribution in [0.15, 0.2) is 51.3 Å². The largest absolute Gasteiger partial charge is 0.496 e. The molecule has 1 amide bonds. The first-order valence-corrected chi connectivity index (χ1v) is 9.88. The number of allylic oxidation sites excluding steroid dienone is 2. The molecule has 0 aromatic heterocycles. The summed E-state index contributed by atoms with van der Waals surface area (Å²) in [4.78, 5) is 21.9. The van der Waals surface area contributed by atoms with Gasteiger partial charge in [0.05, 0.1) is 24.4 Å². The van der Waals surface area contributed by atoms with Crippen LogP contribution in [0.4, 0.5) is 0 Å². The predicted octanol–water partition coefficient (Wildman–Crippen LogP) is 2.95. The van der Waals surface area contributed by atoms with E-state index in [-0.39, 0.29) is 5.91 Å². The SMILES string of the molecule is CCN(CC)C(=O)C1=C(C)N=C2SC(C#N)=C(N)N2[C@H]1c1ccccc1OC. The first-order chi connectivity index (χ1) is 13.5. The Kier molecular flexibility index (Phi) is 5.66. The van der Waals surface area contributed by atoms with Crippen molar-refractivity contribution in [1.29, 1.82) is 5.26 Å². The van der Waals surface area contributed by atoms with Gasteiger partial charge in [-0.05, 0) is 38.6 Å². The molecule has 0 saturated heterocycles. The summed E-state index contributed by atoms with van der Waals surface area (Å²) in [7, 11) is 1.59. The van der Waals surface area contributed by atoms with Gasteiger partial charge in [0.1, 0.15) is 22.5 Å². The molecule has 146 valence electrons. The molecule has 3 rings (SSSR count). The van der Waals surface area contributed by atoms with Crippen molar-refractivity contribution >= 4 is 22.8 Å². The lowest BCUT2D eigenvalue weighted by atomic mass is 9.92. The number of ether oxygens (including phenoxy) is 1. The summed E-state index contributed by atoms with van der Waals surface area (Å²) >= 11 is 1.22. The summed E-state index contributed by atoms with van der Waals surface area (Å²) in [5.74, 6) is 0.860. The first-order valence-electron chi connectivity index (χ1n) is 9.06. The van der Waals surface area contributed by atoms with Gasteiger partial charge >= 0.3 is 0 Å². The number of nitrogens with zero attached hydrogens (tertiary/aromatic N) is 4. The van der Waals surface area contributed by atoms with Crippen LogP contribution in [0.25, 0.3) is 0 Å². The number of nitriles is 1. The average molecular weight is 398 g/mol. The number of hydrogen-bond donors (Lipinski definition) is 1. The fourth-order valence-corrected chi connectivity index (χ4v) is 4.40. The maximum Gasteiger partial charge on any atom is 0.254 e. The molecule has 0 fully saturated rings. The molecule has 28 heavy (non-hydrogen) atoms. The number of nitrogens with two attached hydrogens (primary N) is 1. The monoisotopic (exact) mass is 397 g/mol. The minimum absolute atomic E-state index is 0.0931. The zero-order valence-corrected chi connectivity index (χ0v) is 17.2. The number of thioether (sulfide) groups is 1. The molecule has 2 N–H and O–H groups in total. The number of hydrogen-bond acceptors (Lipinski definition) is 7. The van der Waals surface area contributed by atoms with Crippen molar-refractivity contribution in [2.75, 3.05) is 20.2 Å². The van der Waals surface area contributed by atoms with E-state index < -0.39 is 6.04 Å². The van der Waals surface area contributed by atoms with E-state index in [1.807, 2.05) is 45.0 Å². The second-order valence-electron chi connectivity index (χ2n) is 6.31. The predicted molar refractivity (Wildman–Crippen MR) is 110 cm³/mol. The van der Waals surface area contributed by atoms with Crippen LogP contribution in [0.5, 0.6) is 5.75 Å². The van der Waals surface area contributed by atoms with E-state index in [1.54, 1.807) is 16.9 Å². The van der Waals surface area contributed by atoms with Gasteiger partial charge in [-0.1, -0.05) is 18.2 Å². The summed E-state index contributed by atoms with van der Waals surface area (Å²) in [6.07, 6.45) is 0. The van der Waals surface area contributed by atoms with Crippen LogP contribution in [0.2, 0.25) is 0 Å². The van der Waals surface area contributed by atoms with Crippen molar-refractivity contribution in [1.82, 2.24) is 9.80 Å². The third kappa shape index (κ3) is 3.12. The molecule has 8 heteroatoms. The fourth-order valence-electron chi connectivity index (χ4n) is 3.48. The van der Waals surface area contributed by atoms with Gasteiger partial charge in [-0.3, -0.25) is 9.69 Å². The van der Waals surface area contributed by atoms with Gasteiger partial charge in [-0.15, -0.1) is 0 Å². The van der Waals surface area contributed by atoms with E-state index in [4.69, 9.17) is 10.5 Å². The van der Waals surface area contributed by atoms with Crippen molar-refractivity contribution in [2.24, 2.45) is 10.7 Å². The van der Waals surface area contributed by atoms with Crippen molar-refractivity contribution in [3.8, 4) is 11.8 Å². The third-order valence-electron chi connectivity index (χ3n) is 4.89. The van der Waals surface area contributed by atoms with Gasteiger partial charge in [0.2, 0.25) is 0 Å². The normalized spacial score (nSPS) is 18.6. The fraction of sp³-hybridized carbons (Fsp3) is 0.350. The lowest BCUT2D eigenvalue weighted by molar-refractivity contribution is -0.127. The topological polar surface area (TPSA) is 95.0 Å². The molecule has 0 spiro atoms. The Bertz CT molecular complexity index is 940. The van der Waals surface area contributed by atoms with Crippen LogP contribution in [-0.2, 0) is 4.79 Å². The smallest absolute Gasteiger partial charge is 0.254 e. The van der Waals surface area contributed by atoms with Crippen LogP contribution in [-0.4, -0.2) is 41.1 Å². The number of aliphatic imine (C=N–C) groups is 1. The van der Waals surface area contributed by atoms with Crippen LogP contribution in [0.1, 0.15) is 32.4 Å². The van der Waals surface area contributed by atoms with Crippen LogP contribution >= 0.6 is 11.8 Å². The van der Waals surface area contributed by atoms with Crippen LogP contribution in [0, 0.1) is 11.3 Å². The first kappa shape index (κ1) is 19.8. The zero-order chi connectivity index (χ0) is 20.4. The molecule has 2 aliphatic heterocycles. The molecule has 2 aliphatic rings. The van der Waals surface area contributed by atoms with E-state index in [1.165, 1.54) is 11.8 Å². The highest BCUT2D eigenvalue weighted by atomic mass is 32.2. The van der Waals surface area contributed by atoms with Gasteiger partial charge in [0, 0.05) is 18.7 Å². The van der Waals surface area contributed by atoms with Crippen LogP contribution < -0.4 is 10.5 Å². The van der Waals surface area contributed by atoms with Crippen LogP contribution in [0.3, 0.4) is 0 Å². The Hall–Kier alpha value is -2.92. The maximum atomic E-state index is 13.4. The molecule has 1 atom stereocenters. The minimum atomic E-state index is -0.518. The van der Waals surface area contributed by atoms with Gasteiger partial charge in [0.25, 0.3) is 5.91 Å². The Morgan fingerprint density at radius 3 is 2.68 bits per heavy atom. The number of carbonyl (C=O) groups is 1.